The Hall–Kier alpha value is -2.07. The van der Waals surface area contributed by atoms with Gasteiger partial charge in [-0.15, -0.1) is 11.3 Å². The molecular weight excluding hydrogens is 292 g/mol. The van der Waals surface area contributed by atoms with Crippen molar-refractivity contribution in [2.45, 2.75) is 11.1 Å². The minimum absolute atomic E-state index is 0.0213. The van der Waals surface area contributed by atoms with Crippen LogP contribution in [0.1, 0.15) is 15.5 Å². The van der Waals surface area contributed by atoms with Crippen molar-refractivity contribution >= 4 is 33.1 Å². The number of aromatic carboxylic acids is 1. The Morgan fingerprint density at radius 3 is 2.58 bits per heavy atom. The zero-order valence-corrected chi connectivity index (χ0v) is 11.2. The van der Waals surface area contributed by atoms with Gasteiger partial charge >= 0.3 is 5.97 Å². The maximum atomic E-state index is 12.0. The average Bonchev–Trinajstić information content (AvgIpc) is 2.76. The molecule has 0 amide bonds. The van der Waals surface area contributed by atoms with Gasteiger partial charge in [0.15, 0.2) is 15.7 Å². The number of aryl methyl sites for hydroxylation is 1. The molecule has 0 radical (unpaired) electrons. The molecule has 2 rings (SSSR count). The quantitative estimate of drug-likeness (QED) is 0.853. The van der Waals surface area contributed by atoms with Crippen LogP contribution in [-0.4, -0.2) is 34.4 Å². The summed E-state index contributed by atoms with van der Waals surface area (Å²) in [5.74, 6) is -1.70. The Morgan fingerprint density at radius 2 is 2.00 bits per heavy atom. The molecule has 2 N–H and O–H groups in total. The molecule has 0 aliphatic rings. The minimum atomic E-state index is -3.91. The zero-order valence-electron chi connectivity index (χ0n) is 9.56. The van der Waals surface area contributed by atoms with Gasteiger partial charge in [0.25, 0.3) is 10.0 Å². The summed E-state index contributed by atoms with van der Waals surface area (Å²) in [6, 6.07) is 0. The predicted molar refractivity (Wildman–Crippen MR) is 66.7 cm³/mol. The number of aromatic nitrogens is 3. The van der Waals surface area contributed by atoms with Crippen LogP contribution >= 0.6 is 11.3 Å². The van der Waals surface area contributed by atoms with Gasteiger partial charge in [-0.3, -0.25) is 4.72 Å². The van der Waals surface area contributed by atoms with Gasteiger partial charge in [-0.25, -0.2) is 28.2 Å². The maximum absolute atomic E-state index is 12.0. The number of thiazole rings is 1. The summed E-state index contributed by atoms with van der Waals surface area (Å²) < 4.78 is 26.0. The highest BCUT2D eigenvalue weighted by Crippen LogP contribution is 2.21. The largest absolute Gasteiger partial charge is 0.476 e. The lowest BCUT2D eigenvalue weighted by Gasteiger charge is -2.06. The van der Waals surface area contributed by atoms with Gasteiger partial charge in [0.05, 0.1) is 11.2 Å². The van der Waals surface area contributed by atoms with Crippen molar-refractivity contribution in [3.05, 3.63) is 29.3 Å². The number of carboxylic acids is 1. The first-order chi connectivity index (χ1) is 8.90. The van der Waals surface area contributed by atoms with Gasteiger partial charge in [0, 0.05) is 12.4 Å². The summed E-state index contributed by atoms with van der Waals surface area (Å²) in [6.45, 7) is 1.66. The van der Waals surface area contributed by atoms with Crippen LogP contribution in [0.5, 0.6) is 0 Å². The second-order valence-corrected chi connectivity index (χ2v) is 6.51. The fourth-order valence-corrected chi connectivity index (χ4v) is 3.34. The van der Waals surface area contributed by atoms with E-state index in [2.05, 4.69) is 19.7 Å². The Kier molecular flexibility index (Phi) is 3.44. The van der Waals surface area contributed by atoms with Crippen LogP contribution in [0.4, 0.5) is 5.82 Å². The molecule has 2 aromatic heterocycles. The van der Waals surface area contributed by atoms with Crippen molar-refractivity contribution in [3.8, 4) is 0 Å². The van der Waals surface area contributed by atoms with E-state index in [0.717, 1.165) is 17.5 Å². The molecule has 2 heterocycles. The average molecular weight is 300 g/mol. The number of rotatable bonds is 4. The van der Waals surface area contributed by atoms with Crippen LogP contribution < -0.4 is 4.72 Å². The molecule has 10 heteroatoms. The number of nitrogens with zero attached hydrogens (tertiary/aromatic N) is 3. The molecule has 0 saturated heterocycles. The molecule has 0 aliphatic heterocycles. The molecule has 2 aromatic rings. The highest BCUT2D eigenvalue weighted by atomic mass is 32.2. The smallest absolute Gasteiger partial charge is 0.358 e. The van der Waals surface area contributed by atoms with E-state index < -0.39 is 21.7 Å². The lowest BCUT2D eigenvalue weighted by Crippen LogP contribution is -2.16. The highest BCUT2D eigenvalue weighted by molar-refractivity contribution is 7.94. The van der Waals surface area contributed by atoms with Crippen LogP contribution in [0, 0.1) is 6.92 Å². The predicted octanol–water partition coefficient (Wildman–Crippen LogP) is 0.741. The minimum Gasteiger partial charge on any atom is -0.476 e. The first-order valence-electron chi connectivity index (χ1n) is 4.89. The highest BCUT2D eigenvalue weighted by Gasteiger charge is 2.22. The maximum Gasteiger partial charge on any atom is 0.358 e. The van der Waals surface area contributed by atoms with Crippen LogP contribution in [0.3, 0.4) is 0 Å². The van der Waals surface area contributed by atoms with E-state index >= 15 is 0 Å². The van der Waals surface area contributed by atoms with Crippen molar-refractivity contribution in [1.82, 2.24) is 15.0 Å². The van der Waals surface area contributed by atoms with Crippen LogP contribution in [0.2, 0.25) is 0 Å². The number of sulfonamides is 1. The van der Waals surface area contributed by atoms with Crippen molar-refractivity contribution in [3.63, 3.8) is 0 Å². The fraction of sp³-hybridized carbons (Fsp3) is 0.111. The van der Waals surface area contributed by atoms with Crippen molar-refractivity contribution in [2.24, 2.45) is 0 Å². The van der Waals surface area contributed by atoms with E-state index in [-0.39, 0.29) is 10.0 Å². The summed E-state index contributed by atoms with van der Waals surface area (Å²) >= 11 is 0.971. The molecule has 0 atom stereocenters. The van der Waals surface area contributed by atoms with Gasteiger partial charge in [-0.05, 0) is 6.92 Å². The summed E-state index contributed by atoms with van der Waals surface area (Å²) in [4.78, 5) is 22.0. The van der Waals surface area contributed by atoms with E-state index in [0.29, 0.717) is 5.01 Å². The second kappa shape index (κ2) is 4.90. The van der Waals surface area contributed by atoms with Crippen LogP contribution in [0.25, 0.3) is 0 Å². The van der Waals surface area contributed by atoms with Gasteiger partial charge in [0.1, 0.15) is 0 Å². The first kappa shape index (κ1) is 13.4. The van der Waals surface area contributed by atoms with Crippen molar-refractivity contribution in [1.29, 1.82) is 0 Å². The summed E-state index contributed by atoms with van der Waals surface area (Å²) in [5.41, 5.74) is -0.465. The van der Waals surface area contributed by atoms with E-state index in [1.807, 2.05) is 0 Å². The van der Waals surface area contributed by atoms with Gasteiger partial charge in [-0.1, -0.05) is 0 Å². The van der Waals surface area contributed by atoms with Gasteiger partial charge in [0.2, 0.25) is 0 Å². The Labute approximate surface area is 112 Å². The van der Waals surface area contributed by atoms with Gasteiger partial charge < -0.3 is 5.11 Å². The summed E-state index contributed by atoms with van der Waals surface area (Å²) in [7, 11) is -3.91. The molecule has 0 fully saturated rings. The first-order valence-corrected chi connectivity index (χ1v) is 7.19. The summed E-state index contributed by atoms with van der Waals surface area (Å²) in [5, 5.41) is 9.47. The van der Waals surface area contributed by atoms with Crippen LogP contribution in [0.15, 0.2) is 22.8 Å². The third-order valence-electron chi connectivity index (χ3n) is 2.00. The summed E-state index contributed by atoms with van der Waals surface area (Å²) in [6.07, 6.45) is 3.56. The topological polar surface area (TPSA) is 122 Å². The molecular formula is C9H8N4O4S2. The Morgan fingerprint density at radius 1 is 1.32 bits per heavy atom. The van der Waals surface area contributed by atoms with E-state index in [1.165, 1.54) is 12.4 Å². The normalized spacial score (nSPS) is 11.2. The third kappa shape index (κ3) is 2.85. The number of nitrogens with one attached hydrogen (secondary N) is 1. The Bertz CT molecular complexity index is 725. The monoisotopic (exact) mass is 300 g/mol. The zero-order chi connectivity index (χ0) is 14.0. The SMILES string of the molecule is Cc1ncc(S(=O)(=O)Nc2nccnc2C(=O)O)s1. The van der Waals surface area contributed by atoms with Crippen molar-refractivity contribution in [2.75, 3.05) is 4.72 Å². The standard InChI is InChI=1S/C9H8N4O4S2/c1-5-12-4-6(18-5)19(16,17)13-8-7(9(14)15)10-2-3-11-8/h2-4H,1H3,(H,11,13)(H,14,15). The number of carbonyl (C=O) groups is 1. The lowest BCUT2D eigenvalue weighted by atomic mass is 10.4. The molecule has 0 aromatic carbocycles. The number of hydrogen-bond acceptors (Lipinski definition) is 7. The number of hydrogen-bond donors (Lipinski definition) is 2. The molecule has 0 bridgehead atoms. The molecule has 19 heavy (non-hydrogen) atoms. The molecule has 0 saturated carbocycles. The van der Waals surface area contributed by atoms with E-state index in [1.54, 1.807) is 6.92 Å². The molecule has 100 valence electrons. The van der Waals surface area contributed by atoms with Crippen molar-refractivity contribution < 1.29 is 18.3 Å². The van der Waals surface area contributed by atoms with Crippen LogP contribution in [-0.2, 0) is 10.0 Å². The molecule has 0 aliphatic carbocycles. The molecule has 0 unspecified atom stereocenters. The number of carboxylic acid groups (broad SMARTS) is 1. The second-order valence-electron chi connectivity index (χ2n) is 3.36. The molecule has 8 nitrogen and oxygen atoms in total. The van der Waals surface area contributed by atoms with E-state index in [9.17, 15) is 13.2 Å². The molecule has 0 spiro atoms. The third-order valence-corrected chi connectivity index (χ3v) is 4.71. The lowest BCUT2D eigenvalue weighted by molar-refractivity contribution is 0.0691. The number of anilines is 1. The Balaban J connectivity index is 2.39. The fourth-order valence-electron chi connectivity index (χ4n) is 1.21. The van der Waals surface area contributed by atoms with E-state index in [4.69, 9.17) is 5.11 Å². The van der Waals surface area contributed by atoms with Gasteiger partial charge in [-0.2, -0.15) is 0 Å².